The number of aryl methyl sites for hydroxylation is 1. The van der Waals surface area contributed by atoms with Crippen molar-refractivity contribution in [2.24, 2.45) is 5.92 Å². The molecule has 8 nitrogen and oxygen atoms in total. The van der Waals surface area contributed by atoms with Gasteiger partial charge in [0.25, 0.3) is 0 Å². The monoisotopic (exact) mass is 544 g/mol. The van der Waals surface area contributed by atoms with E-state index < -0.39 is 0 Å². The number of hydrogen-bond donors (Lipinski definition) is 3. The van der Waals surface area contributed by atoms with Crippen LogP contribution in [0.2, 0.25) is 0 Å². The number of nitrogens with zero attached hydrogens (tertiary/aromatic N) is 3. The van der Waals surface area contributed by atoms with E-state index in [1.807, 2.05) is 37.3 Å². The summed E-state index contributed by atoms with van der Waals surface area (Å²) in [5, 5.41) is 12.8. The molecule has 3 heterocycles. The van der Waals surface area contributed by atoms with Crippen molar-refractivity contribution in [3.63, 3.8) is 0 Å². The normalized spacial score (nSPS) is 19.9. The van der Waals surface area contributed by atoms with Crippen LogP contribution in [-0.4, -0.2) is 52.9 Å². The molecule has 3 N–H and O–H groups in total. The number of aromatic nitrogens is 2. The molecule has 1 aromatic heterocycles. The van der Waals surface area contributed by atoms with Gasteiger partial charge in [-0.3, -0.25) is 5.32 Å². The molecule has 214 valence electrons. The van der Waals surface area contributed by atoms with Gasteiger partial charge in [-0.1, -0.05) is 68.8 Å². The molecule has 0 radical (unpaired) electrons. The fourth-order valence-corrected chi connectivity index (χ4v) is 5.76. The van der Waals surface area contributed by atoms with Crippen LogP contribution in [0, 0.1) is 12.8 Å². The van der Waals surface area contributed by atoms with Crippen molar-refractivity contribution in [3.05, 3.63) is 77.5 Å². The smallest absolute Gasteiger partial charge is 0.320 e. The molecule has 4 amide bonds. The second-order valence-electron chi connectivity index (χ2n) is 12.0. The summed E-state index contributed by atoms with van der Waals surface area (Å²) in [7, 11) is 3.32. The summed E-state index contributed by atoms with van der Waals surface area (Å²) in [5.74, 6) is 1.39. The molecule has 2 aromatic carbocycles. The van der Waals surface area contributed by atoms with Crippen LogP contribution in [0.25, 0.3) is 5.69 Å². The van der Waals surface area contributed by atoms with Gasteiger partial charge in [0.15, 0.2) is 0 Å². The summed E-state index contributed by atoms with van der Waals surface area (Å²) in [4.78, 5) is 25.6. The Balaban J connectivity index is 0.000000186. The fraction of sp³-hybridized carbons (Fsp3) is 0.469. The molecule has 0 spiro atoms. The Hall–Kier alpha value is -3.81. The number of fused-ring (bicyclic) bond motifs is 2. The average Bonchev–Trinajstić information content (AvgIpc) is 3.48. The molecule has 2 aliphatic heterocycles. The predicted molar refractivity (Wildman–Crippen MR) is 161 cm³/mol. The van der Waals surface area contributed by atoms with Gasteiger partial charge in [-0.05, 0) is 62.6 Å². The van der Waals surface area contributed by atoms with Gasteiger partial charge in [0.2, 0.25) is 0 Å². The zero-order chi connectivity index (χ0) is 28.9. The number of nitrogens with one attached hydrogen (secondary N) is 3. The fourth-order valence-electron chi connectivity index (χ4n) is 5.76. The quantitative estimate of drug-likeness (QED) is 0.374. The van der Waals surface area contributed by atoms with Crippen molar-refractivity contribution in [3.8, 4) is 5.69 Å². The van der Waals surface area contributed by atoms with E-state index in [1.54, 1.807) is 18.8 Å². The van der Waals surface area contributed by atoms with Gasteiger partial charge in [0, 0.05) is 37.7 Å². The Bertz CT molecular complexity index is 1260. The van der Waals surface area contributed by atoms with Gasteiger partial charge in [-0.25, -0.2) is 14.3 Å². The maximum Gasteiger partial charge on any atom is 0.320 e. The van der Waals surface area contributed by atoms with Crippen LogP contribution >= 0.6 is 0 Å². The minimum absolute atomic E-state index is 0.0882. The largest absolute Gasteiger partial charge is 0.341 e. The highest BCUT2D eigenvalue weighted by molar-refractivity contribution is 5.88. The molecule has 0 aliphatic carbocycles. The van der Waals surface area contributed by atoms with E-state index in [4.69, 9.17) is 0 Å². The van der Waals surface area contributed by atoms with E-state index in [-0.39, 0.29) is 17.5 Å². The Labute approximate surface area is 238 Å². The van der Waals surface area contributed by atoms with Gasteiger partial charge < -0.3 is 15.5 Å². The number of amides is 4. The van der Waals surface area contributed by atoms with Gasteiger partial charge in [0.1, 0.15) is 5.82 Å². The summed E-state index contributed by atoms with van der Waals surface area (Å²) in [6.07, 6.45) is 5.86. The predicted octanol–water partition coefficient (Wildman–Crippen LogP) is 6.04. The summed E-state index contributed by atoms with van der Waals surface area (Å²) in [6, 6.07) is 21.5. The van der Waals surface area contributed by atoms with Crippen LogP contribution in [0.15, 0.2) is 60.7 Å². The number of anilines is 1. The molecule has 5 rings (SSSR count). The first-order valence-electron chi connectivity index (χ1n) is 14.3. The Morgan fingerprint density at radius 2 is 1.55 bits per heavy atom. The van der Waals surface area contributed by atoms with Crippen molar-refractivity contribution in [2.75, 3.05) is 19.4 Å². The van der Waals surface area contributed by atoms with Gasteiger partial charge >= 0.3 is 12.1 Å². The number of hydrogen-bond acceptors (Lipinski definition) is 3. The van der Waals surface area contributed by atoms with E-state index >= 15 is 0 Å². The van der Waals surface area contributed by atoms with Gasteiger partial charge in [-0.2, -0.15) is 5.10 Å². The van der Waals surface area contributed by atoms with E-state index in [0.29, 0.717) is 17.9 Å². The molecular weight excluding hydrogens is 500 g/mol. The number of rotatable bonds is 4. The number of benzene rings is 2. The van der Waals surface area contributed by atoms with E-state index in [0.717, 1.165) is 23.7 Å². The maximum atomic E-state index is 11.9. The molecule has 1 unspecified atom stereocenters. The lowest BCUT2D eigenvalue weighted by atomic mass is 9.86. The molecule has 40 heavy (non-hydrogen) atoms. The second kappa shape index (κ2) is 12.6. The van der Waals surface area contributed by atoms with Crippen LogP contribution in [0.4, 0.5) is 15.4 Å². The standard InChI is InChI=1S/C16H22N4O.C16H22N2O/c1-11-6-8-12(9-7-11)20-14(18-15(21)17-5)10-13(19-20)16(2,3)4;1-17-16(19)18-14-7-8-15(18)11-13(10-14)9-12-5-3-2-4-6-12/h6-10H,1-5H3,(H2,17,18,21);2-6,13-15H,7-11H2,1H3,(H,17,19)/t;13?,14-,15+. The molecule has 8 heteroatoms. The summed E-state index contributed by atoms with van der Waals surface area (Å²) >= 11 is 0. The molecule has 3 atom stereocenters. The number of carbonyl (C=O) groups is 2. The van der Waals surface area contributed by atoms with E-state index in [1.165, 1.54) is 36.8 Å². The zero-order valence-electron chi connectivity index (χ0n) is 24.7. The van der Waals surface area contributed by atoms with Crippen LogP contribution < -0.4 is 16.0 Å². The lowest BCUT2D eigenvalue weighted by molar-refractivity contribution is 0.123. The Morgan fingerprint density at radius 3 is 2.10 bits per heavy atom. The SMILES string of the molecule is CNC(=O)N1[C@@H]2CC[C@H]1CC(Cc1ccccc1)C2.CNC(=O)Nc1cc(C(C)(C)C)nn1-c1ccc(C)cc1. The molecular formula is C32H44N6O2. The Kier molecular flexibility index (Phi) is 9.17. The number of urea groups is 2. The second-order valence-corrected chi connectivity index (χ2v) is 12.0. The number of carbonyl (C=O) groups excluding carboxylic acids is 2. The molecule has 2 aliphatic rings. The minimum atomic E-state index is -0.260. The molecule has 3 aromatic rings. The zero-order valence-corrected chi connectivity index (χ0v) is 24.7. The maximum absolute atomic E-state index is 11.9. The van der Waals surface area contributed by atoms with Crippen LogP contribution in [0.1, 0.15) is 63.3 Å². The third kappa shape index (κ3) is 7.03. The molecule has 2 fully saturated rings. The van der Waals surface area contributed by atoms with Crippen molar-refractivity contribution < 1.29 is 9.59 Å². The van der Waals surface area contributed by atoms with Crippen molar-refractivity contribution in [1.82, 2.24) is 25.3 Å². The van der Waals surface area contributed by atoms with Gasteiger partial charge in [0.05, 0.1) is 11.4 Å². The summed E-state index contributed by atoms with van der Waals surface area (Å²) < 4.78 is 1.76. The van der Waals surface area contributed by atoms with Crippen molar-refractivity contribution in [1.29, 1.82) is 0 Å². The van der Waals surface area contributed by atoms with Gasteiger partial charge in [-0.15, -0.1) is 0 Å². The third-order valence-electron chi connectivity index (χ3n) is 7.87. The first-order chi connectivity index (χ1) is 19.1. The average molecular weight is 545 g/mol. The first-order valence-corrected chi connectivity index (χ1v) is 14.3. The first kappa shape index (κ1) is 29.2. The summed E-state index contributed by atoms with van der Waals surface area (Å²) in [6.45, 7) is 8.33. The highest BCUT2D eigenvalue weighted by Crippen LogP contribution is 2.39. The number of piperidine rings is 1. The lowest BCUT2D eigenvalue weighted by Crippen LogP contribution is -2.50. The van der Waals surface area contributed by atoms with Crippen LogP contribution in [0.5, 0.6) is 0 Å². The van der Waals surface area contributed by atoms with E-state index in [9.17, 15) is 9.59 Å². The Morgan fingerprint density at radius 1 is 0.925 bits per heavy atom. The minimum Gasteiger partial charge on any atom is -0.341 e. The lowest BCUT2D eigenvalue weighted by Gasteiger charge is -2.38. The van der Waals surface area contributed by atoms with Crippen LogP contribution in [0.3, 0.4) is 0 Å². The topological polar surface area (TPSA) is 91.3 Å². The molecule has 2 saturated heterocycles. The van der Waals surface area contributed by atoms with Crippen molar-refractivity contribution >= 4 is 17.9 Å². The van der Waals surface area contributed by atoms with Crippen molar-refractivity contribution in [2.45, 2.75) is 77.3 Å². The molecule has 2 bridgehead atoms. The molecule has 0 saturated carbocycles. The highest BCUT2D eigenvalue weighted by Gasteiger charge is 2.42. The third-order valence-corrected chi connectivity index (χ3v) is 7.87. The summed E-state index contributed by atoms with van der Waals surface area (Å²) in [5.41, 5.74) is 4.37. The highest BCUT2D eigenvalue weighted by atomic mass is 16.2. The van der Waals surface area contributed by atoms with Crippen LogP contribution in [-0.2, 0) is 11.8 Å². The van der Waals surface area contributed by atoms with E-state index in [2.05, 4.69) is 77.1 Å².